The molecule has 5 rings (SSSR count). The van der Waals surface area contributed by atoms with Crippen molar-refractivity contribution in [3.63, 3.8) is 0 Å². The number of methoxy groups -OCH3 is 1. The Kier molecular flexibility index (Phi) is 5.39. The lowest BCUT2D eigenvalue weighted by molar-refractivity contribution is -0.188. The molecule has 2 aromatic carbocycles. The predicted molar refractivity (Wildman–Crippen MR) is 133 cm³/mol. The molecule has 0 saturated heterocycles. The minimum Gasteiger partial charge on any atom is -0.495 e. The van der Waals surface area contributed by atoms with Gasteiger partial charge in [0.25, 0.3) is 0 Å². The third-order valence-corrected chi connectivity index (χ3v) is 6.52. The van der Waals surface area contributed by atoms with Crippen LogP contribution in [0, 0.1) is 0 Å². The first-order valence-corrected chi connectivity index (χ1v) is 11.5. The summed E-state index contributed by atoms with van der Waals surface area (Å²) in [4.78, 5) is 42.7. The number of para-hydroxylation sites is 1. The van der Waals surface area contributed by atoms with Gasteiger partial charge in [-0.2, -0.15) is 0 Å². The second-order valence-electron chi connectivity index (χ2n) is 9.42. The van der Waals surface area contributed by atoms with Gasteiger partial charge in [-0.05, 0) is 26.0 Å². The smallest absolute Gasteiger partial charge is 0.303 e. The molecule has 36 heavy (non-hydrogen) atoms. The molecule has 0 N–H and O–H groups in total. The fourth-order valence-corrected chi connectivity index (χ4v) is 5.00. The maximum atomic E-state index is 13.9. The zero-order chi connectivity index (χ0) is 25.9. The summed E-state index contributed by atoms with van der Waals surface area (Å²) in [5.41, 5.74) is 0.803. The molecule has 186 valence electrons. The van der Waals surface area contributed by atoms with Gasteiger partial charge in [0.2, 0.25) is 5.43 Å². The van der Waals surface area contributed by atoms with Gasteiger partial charge in [0.1, 0.15) is 22.7 Å². The first-order chi connectivity index (χ1) is 17.0. The molecule has 2 aromatic heterocycles. The molecule has 0 saturated carbocycles. The fraction of sp³-hybridized carbons (Fsp3) is 0.333. The van der Waals surface area contributed by atoms with Gasteiger partial charge in [0, 0.05) is 32.3 Å². The van der Waals surface area contributed by atoms with Crippen LogP contribution in [0.2, 0.25) is 0 Å². The molecule has 2 atom stereocenters. The normalized spacial score (nSPS) is 18.5. The average molecular weight is 491 g/mol. The van der Waals surface area contributed by atoms with Crippen LogP contribution in [0.4, 0.5) is 0 Å². The van der Waals surface area contributed by atoms with Gasteiger partial charge in [-0.1, -0.05) is 18.2 Å². The molecule has 0 fully saturated rings. The number of nitrogens with zero attached hydrogens (tertiary/aromatic N) is 2. The van der Waals surface area contributed by atoms with Crippen LogP contribution < -0.4 is 14.9 Å². The zero-order valence-electron chi connectivity index (χ0n) is 20.9. The highest BCUT2D eigenvalue weighted by atomic mass is 16.6. The highest BCUT2D eigenvalue weighted by molar-refractivity contribution is 6.01. The lowest BCUT2D eigenvalue weighted by Crippen LogP contribution is -2.52. The van der Waals surface area contributed by atoms with E-state index in [1.54, 1.807) is 19.9 Å². The summed E-state index contributed by atoms with van der Waals surface area (Å²) in [6.07, 6.45) is -2.03. The standard InChI is InChI=1S/C27H26N2O7/c1-13(30)34-24-21-19(36-27(3,4)25(24)35-14(2)31)12-18-20(23(21)33-6)22(32)16-11-15-9-7-8-10-17(15)28-26(16)29(18)5/h7-12,24-25H,1-6H3/t24-,25-/m0/s1. The van der Waals surface area contributed by atoms with Crippen LogP contribution in [-0.2, 0) is 26.1 Å². The van der Waals surface area contributed by atoms with Crippen molar-refractivity contribution in [2.24, 2.45) is 7.05 Å². The van der Waals surface area contributed by atoms with Crippen molar-refractivity contribution in [1.82, 2.24) is 9.55 Å². The lowest BCUT2D eigenvalue weighted by atomic mass is 9.86. The number of aromatic nitrogens is 2. The van der Waals surface area contributed by atoms with E-state index in [1.165, 1.54) is 21.0 Å². The summed E-state index contributed by atoms with van der Waals surface area (Å²) in [6, 6.07) is 11.1. The molecule has 0 radical (unpaired) electrons. The first-order valence-electron chi connectivity index (χ1n) is 11.5. The minimum atomic E-state index is -1.06. The van der Waals surface area contributed by atoms with Crippen molar-refractivity contribution >= 4 is 44.8 Å². The molecule has 0 aliphatic carbocycles. The molecule has 3 heterocycles. The maximum Gasteiger partial charge on any atom is 0.303 e. The summed E-state index contributed by atoms with van der Waals surface area (Å²) < 4.78 is 25.1. The van der Waals surface area contributed by atoms with E-state index >= 15 is 0 Å². The van der Waals surface area contributed by atoms with Crippen LogP contribution in [-0.4, -0.2) is 40.3 Å². The Hall–Kier alpha value is -4.14. The molecular weight excluding hydrogens is 464 g/mol. The number of rotatable bonds is 3. The Morgan fingerprint density at radius 2 is 1.78 bits per heavy atom. The van der Waals surface area contributed by atoms with Crippen LogP contribution in [0.25, 0.3) is 32.8 Å². The van der Waals surface area contributed by atoms with Crippen molar-refractivity contribution in [2.45, 2.75) is 45.5 Å². The number of esters is 2. The Labute approximate surface area is 206 Å². The van der Waals surface area contributed by atoms with E-state index in [1.807, 2.05) is 41.9 Å². The second kappa shape index (κ2) is 8.22. The van der Waals surface area contributed by atoms with Crippen LogP contribution in [0.5, 0.6) is 11.5 Å². The van der Waals surface area contributed by atoms with E-state index in [4.69, 9.17) is 23.9 Å². The van der Waals surface area contributed by atoms with E-state index in [-0.39, 0.29) is 16.6 Å². The quantitative estimate of drug-likeness (QED) is 0.314. The van der Waals surface area contributed by atoms with Crippen LogP contribution in [0.15, 0.2) is 41.2 Å². The number of hydrogen-bond donors (Lipinski definition) is 0. The van der Waals surface area contributed by atoms with E-state index < -0.39 is 29.7 Å². The third kappa shape index (κ3) is 3.54. The van der Waals surface area contributed by atoms with Crippen molar-refractivity contribution < 1.29 is 28.5 Å². The molecule has 4 aromatic rings. The SMILES string of the molecule is COc1c2c(cc3c1c(=O)c1cc4ccccc4nc1n3C)OC(C)(C)[C@@H](OC(C)=O)[C@H]2OC(C)=O. The average Bonchev–Trinajstić information content (AvgIpc) is 2.81. The van der Waals surface area contributed by atoms with Crippen molar-refractivity contribution in [3.8, 4) is 11.5 Å². The van der Waals surface area contributed by atoms with Gasteiger partial charge in [-0.15, -0.1) is 0 Å². The van der Waals surface area contributed by atoms with E-state index in [9.17, 15) is 14.4 Å². The molecule has 9 nitrogen and oxygen atoms in total. The number of aryl methyl sites for hydroxylation is 1. The number of hydrogen-bond acceptors (Lipinski definition) is 8. The minimum absolute atomic E-state index is 0.192. The largest absolute Gasteiger partial charge is 0.495 e. The van der Waals surface area contributed by atoms with Crippen molar-refractivity contribution in [2.75, 3.05) is 7.11 Å². The number of benzene rings is 2. The van der Waals surface area contributed by atoms with Gasteiger partial charge in [0.15, 0.2) is 12.2 Å². The summed E-state index contributed by atoms with van der Waals surface area (Å²) in [6.45, 7) is 6.02. The monoisotopic (exact) mass is 490 g/mol. The molecule has 1 aliphatic heterocycles. The Morgan fingerprint density at radius 1 is 1.08 bits per heavy atom. The summed E-state index contributed by atoms with van der Waals surface area (Å²) in [7, 11) is 3.25. The Balaban J connectivity index is 1.91. The molecule has 0 spiro atoms. The first kappa shape index (κ1) is 23.6. The summed E-state index contributed by atoms with van der Waals surface area (Å²) in [5.74, 6) is -0.590. The predicted octanol–water partition coefficient (Wildman–Crippen LogP) is 3.96. The molecule has 0 unspecified atom stereocenters. The molecular formula is C27H26N2O7. The van der Waals surface area contributed by atoms with E-state index in [2.05, 4.69) is 0 Å². The zero-order valence-corrected chi connectivity index (χ0v) is 20.9. The maximum absolute atomic E-state index is 13.9. The highest BCUT2D eigenvalue weighted by Gasteiger charge is 2.50. The summed E-state index contributed by atoms with van der Waals surface area (Å²) in [5, 5.41) is 1.53. The van der Waals surface area contributed by atoms with Crippen molar-refractivity contribution in [1.29, 1.82) is 0 Å². The van der Waals surface area contributed by atoms with Crippen LogP contribution >= 0.6 is 0 Å². The van der Waals surface area contributed by atoms with E-state index in [0.717, 1.165) is 10.9 Å². The second-order valence-corrected chi connectivity index (χ2v) is 9.42. The molecule has 1 aliphatic rings. The summed E-state index contributed by atoms with van der Waals surface area (Å²) >= 11 is 0. The lowest BCUT2D eigenvalue weighted by Gasteiger charge is -2.43. The van der Waals surface area contributed by atoms with E-state index in [0.29, 0.717) is 27.9 Å². The number of ether oxygens (including phenoxy) is 4. The fourth-order valence-electron chi connectivity index (χ4n) is 5.00. The van der Waals surface area contributed by atoms with Crippen LogP contribution in [0.3, 0.4) is 0 Å². The van der Waals surface area contributed by atoms with Gasteiger partial charge >= 0.3 is 11.9 Å². The molecule has 0 amide bonds. The van der Waals surface area contributed by atoms with Crippen LogP contribution in [0.1, 0.15) is 39.4 Å². The van der Waals surface area contributed by atoms with Gasteiger partial charge in [0.05, 0.1) is 34.5 Å². The number of fused-ring (bicyclic) bond motifs is 4. The molecule has 0 bridgehead atoms. The Morgan fingerprint density at radius 3 is 2.44 bits per heavy atom. The number of carbonyl (C=O) groups excluding carboxylic acids is 2. The topological polar surface area (TPSA) is 106 Å². The number of carbonyl (C=O) groups is 2. The van der Waals surface area contributed by atoms with Gasteiger partial charge in [-0.3, -0.25) is 14.4 Å². The van der Waals surface area contributed by atoms with Gasteiger partial charge < -0.3 is 23.5 Å². The van der Waals surface area contributed by atoms with Gasteiger partial charge in [-0.25, -0.2) is 4.98 Å². The highest BCUT2D eigenvalue weighted by Crippen LogP contribution is 2.50. The number of pyridine rings is 2. The Bertz CT molecular complexity index is 1640. The molecule has 9 heteroatoms. The van der Waals surface area contributed by atoms with Crippen molar-refractivity contribution in [3.05, 3.63) is 52.2 Å². The third-order valence-electron chi connectivity index (χ3n) is 6.52.